The van der Waals surface area contributed by atoms with Gasteiger partial charge in [-0.2, -0.15) is 0 Å². The van der Waals surface area contributed by atoms with E-state index >= 15 is 0 Å². The zero-order valence-corrected chi connectivity index (χ0v) is 11.7. The number of methoxy groups -OCH3 is 1. The average molecular weight is 266 g/mol. The van der Waals surface area contributed by atoms with Crippen LogP contribution in [0.3, 0.4) is 0 Å². The predicted octanol–water partition coefficient (Wildman–Crippen LogP) is 2.04. The van der Waals surface area contributed by atoms with Gasteiger partial charge in [-0.1, -0.05) is 0 Å². The molecule has 0 spiro atoms. The fraction of sp³-hybridized carbons (Fsp3) is 0.500. The fourth-order valence-electron chi connectivity index (χ4n) is 1.35. The van der Waals surface area contributed by atoms with Gasteiger partial charge in [0.1, 0.15) is 6.61 Å². The van der Waals surface area contributed by atoms with Gasteiger partial charge in [-0.25, -0.2) is 0 Å². The Labute approximate surface area is 114 Å². The fourth-order valence-corrected chi connectivity index (χ4v) is 1.35. The van der Waals surface area contributed by atoms with E-state index in [1.165, 1.54) is 0 Å². The van der Waals surface area contributed by atoms with E-state index < -0.39 is 0 Å². The molecule has 0 unspecified atom stereocenters. The molecule has 0 aliphatic carbocycles. The first-order valence-electron chi connectivity index (χ1n) is 6.21. The second-order valence-corrected chi connectivity index (χ2v) is 4.94. The van der Waals surface area contributed by atoms with Crippen LogP contribution in [0.5, 0.6) is 0 Å². The van der Waals surface area contributed by atoms with E-state index in [1.54, 1.807) is 31.4 Å². The number of nitrogen functional groups attached to an aromatic ring is 1. The van der Waals surface area contributed by atoms with Crippen LogP contribution in [0.25, 0.3) is 0 Å². The third-order valence-electron chi connectivity index (χ3n) is 2.83. The normalized spacial score (nSPS) is 11.3. The highest BCUT2D eigenvalue weighted by Gasteiger charge is 2.15. The zero-order chi connectivity index (χ0) is 14.3. The van der Waals surface area contributed by atoms with Crippen molar-refractivity contribution in [3.8, 4) is 0 Å². The molecule has 0 radical (unpaired) electrons. The van der Waals surface area contributed by atoms with Crippen LogP contribution >= 0.6 is 0 Å². The Bertz CT molecular complexity index is 402. The lowest BCUT2D eigenvalue weighted by Gasteiger charge is -2.22. The lowest BCUT2D eigenvalue weighted by molar-refractivity contribution is -0.121. The van der Waals surface area contributed by atoms with Crippen molar-refractivity contribution in [3.63, 3.8) is 0 Å². The van der Waals surface area contributed by atoms with E-state index in [9.17, 15) is 4.79 Å². The molecule has 0 atom stereocenters. The van der Waals surface area contributed by atoms with Crippen LogP contribution in [0.15, 0.2) is 24.3 Å². The molecule has 1 aromatic rings. The molecular formula is C14H22N2O3. The van der Waals surface area contributed by atoms with Crippen LogP contribution in [0.2, 0.25) is 0 Å². The largest absolute Gasteiger partial charge is 0.399 e. The van der Waals surface area contributed by atoms with Gasteiger partial charge in [-0.3, -0.25) is 4.79 Å². The van der Waals surface area contributed by atoms with Gasteiger partial charge in [0.25, 0.3) is 0 Å². The van der Waals surface area contributed by atoms with Crippen LogP contribution in [0.4, 0.5) is 11.4 Å². The van der Waals surface area contributed by atoms with Gasteiger partial charge in [-0.15, -0.1) is 0 Å². The monoisotopic (exact) mass is 266 g/mol. The highest BCUT2D eigenvalue weighted by atomic mass is 16.5. The molecular weight excluding hydrogens is 244 g/mol. The van der Waals surface area contributed by atoms with Crippen molar-refractivity contribution in [2.75, 3.05) is 31.4 Å². The molecule has 19 heavy (non-hydrogen) atoms. The molecule has 5 heteroatoms. The number of carbonyl (C=O) groups is 1. The minimum atomic E-state index is -0.229. The number of rotatable bonds is 7. The van der Waals surface area contributed by atoms with Gasteiger partial charge in [-0.05, 0) is 44.5 Å². The molecule has 0 bridgehead atoms. The van der Waals surface area contributed by atoms with E-state index in [2.05, 4.69) is 5.32 Å². The van der Waals surface area contributed by atoms with Crippen molar-refractivity contribution in [1.82, 2.24) is 0 Å². The Kier molecular flexibility index (Phi) is 5.79. The van der Waals surface area contributed by atoms with E-state index in [-0.39, 0.29) is 18.1 Å². The van der Waals surface area contributed by atoms with Crippen LogP contribution in [-0.4, -0.2) is 31.8 Å². The molecule has 0 saturated heterocycles. The number of ether oxygens (including phenoxy) is 2. The Morgan fingerprint density at radius 3 is 2.53 bits per heavy atom. The van der Waals surface area contributed by atoms with Crippen molar-refractivity contribution >= 4 is 17.3 Å². The molecule has 1 aromatic carbocycles. The Balaban J connectivity index is 2.23. The second kappa shape index (κ2) is 7.11. The van der Waals surface area contributed by atoms with Gasteiger partial charge in [0.15, 0.2) is 0 Å². The maximum absolute atomic E-state index is 11.6. The van der Waals surface area contributed by atoms with Gasteiger partial charge in [0.05, 0.1) is 5.60 Å². The highest BCUT2D eigenvalue weighted by molar-refractivity contribution is 5.91. The van der Waals surface area contributed by atoms with Gasteiger partial charge >= 0.3 is 0 Å². The number of nitrogens with one attached hydrogen (secondary N) is 1. The Hall–Kier alpha value is -1.59. The van der Waals surface area contributed by atoms with Crippen molar-refractivity contribution < 1.29 is 14.3 Å². The third-order valence-corrected chi connectivity index (χ3v) is 2.83. The molecule has 106 valence electrons. The molecule has 0 aliphatic rings. The predicted molar refractivity (Wildman–Crippen MR) is 76.0 cm³/mol. The first kappa shape index (κ1) is 15.5. The van der Waals surface area contributed by atoms with E-state index in [0.29, 0.717) is 18.0 Å². The summed E-state index contributed by atoms with van der Waals surface area (Å²) in [6.07, 6.45) is 0.735. The molecule has 1 rings (SSSR count). The first-order valence-corrected chi connectivity index (χ1v) is 6.21. The number of nitrogens with two attached hydrogens (primary N) is 1. The van der Waals surface area contributed by atoms with Gasteiger partial charge < -0.3 is 20.5 Å². The maximum Gasteiger partial charge on any atom is 0.250 e. The lowest BCUT2D eigenvalue weighted by Crippen LogP contribution is -2.26. The molecule has 0 aliphatic heterocycles. The molecule has 0 aromatic heterocycles. The van der Waals surface area contributed by atoms with Crippen molar-refractivity contribution in [2.45, 2.75) is 25.9 Å². The summed E-state index contributed by atoms with van der Waals surface area (Å²) in [6.45, 7) is 4.47. The quantitative estimate of drug-likeness (QED) is 0.585. The molecule has 5 nitrogen and oxygen atoms in total. The van der Waals surface area contributed by atoms with E-state index in [1.807, 2.05) is 13.8 Å². The summed E-state index contributed by atoms with van der Waals surface area (Å²) in [5.41, 5.74) is 6.70. The molecule has 1 amide bonds. The number of carbonyl (C=O) groups excluding carboxylic acids is 1. The third kappa shape index (κ3) is 6.22. The summed E-state index contributed by atoms with van der Waals surface area (Å²) in [7, 11) is 1.66. The zero-order valence-electron chi connectivity index (χ0n) is 11.7. The summed E-state index contributed by atoms with van der Waals surface area (Å²) in [5.74, 6) is -0.181. The van der Waals surface area contributed by atoms with Crippen molar-refractivity contribution in [1.29, 1.82) is 0 Å². The van der Waals surface area contributed by atoms with E-state index in [4.69, 9.17) is 15.2 Å². The summed E-state index contributed by atoms with van der Waals surface area (Å²) in [5, 5.41) is 2.73. The number of hydrogen-bond acceptors (Lipinski definition) is 4. The van der Waals surface area contributed by atoms with Gasteiger partial charge in [0, 0.05) is 25.1 Å². The summed E-state index contributed by atoms with van der Waals surface area (Å²) in [6, 6.07) is 6.97. The van der Waals surface area contributed by atoms with Crippen LogP contribution < -0.4 is 11.1 Å². The first-order chi connectivity index (χ1) is 8.93. The van der Waals surface area contributed by atoms with Crippen molar-refractivity contribution in [3.05, 3.63) is 24.3 Å². The number of amides is 1. The SMILES string of the molecule is COC(C)(C)CCOCC(=O)Nc1ccc(N)cc1. The highest BCUT2D eigenvalue weighted by Crippen LogP contribution is 2.13. The number of hydrogen-bond donors (Lipinski definition) is 2. The van der Waals surface area contributed by atoms with Gasteiger partial charge in [0.2, 0.25) is 5.91 Å². The second-order valence-electron chi connectivity index (χ2n) is 4.94. The summed E-state index contributed by atoms with van der Waals surface area (Å²) < 4.78 is 10.6. The summed E-state index contributed by atoms with van der Waals surface area (Å²) in [4.78, 5) is 11.6. The van der Waals surface area contributed by atoms with Crippen LogP contribution in [0, 0.1) is 0 Å². The molecule has 0 fully saturated rings. The number of benzene rings is 1. The smallest absolute Gasteiger partial charge is 0.250 e. The molecule has 0 heterocycles. The van der Waals surface area contributed by atoms with Crippen LogP contribution in [0.1, 0.15) is 20.3 Å². The van der Waals surface area contributed by atoms with Crippen molar-refractivity contribution in [2.24, 2.45) is 0 Å². The maximum atomic E-state index is 11.6. The Morgan fingerprint density at radius 1 is 1.32 bits per heavy atom. The standard InChI is InChI=1S/C14H22N2O3/c1-14(2,18-3)8-9-19-10-13(17)16-12-6-4-11(15)5-7-12/h4-7H,8-10,15H2,1-3H3,(H,16,17). The van der Waals surface area contributed by atoms with Crippen LogP contribution in [-0.2, 0) is 14.3 Å². The lowest BCUT2D eigenvalue weighted by atomic mass is 10.1. The molecule has 3 N–H and O–H groups in total. The van der Waals surface area contributed by atoms with E-state index in [0.717, 1.165) is 6.42 Å². The summed E-state index contributed by atoms with van der Waals surface area (Å²) >= 11 is 0. The minimum absolute atomic E-state index is 0.0319. The topological polar surface area (TPSA) is 73.6 Å². The average Bonchev–Trinajstić information content (AvgIpc) is 2.38. The number of anilines is 2. The Morgan fingerprint density at radius 2 is 1.95 bits per heavy atom. The minimum Gasteiger partial charge on any atom is -0.399 e. The molecule has 0 saturated carbocycles.